The van der Waals surface area contributed by atoms with Crippen LogP contribution in [0, 0.1) is 0 Å². The van der Waals surface area contributed by atoms with Crippen molar-refractivity contribution in [3.8, 4) is 0 Å². The standard InChI is InChI=1S/C20H17F7O3S2/c1-31(2,30-32(28,29)20(26,27)18(21,22)19(23,24)25)12-17-15-9-5-3-7-13(15)11-14-8-4-6-10-16(14)17/h3-11H,12H2,1-2H3. The molecule has 0 amide bonds. The van der Waals surface area contributed by atoms with Gasteiger partial charge in [0.15, 0.2) is 0 Å². The van der Waals surface area contributed by atoms with Crippen molar-refractivity contribution in [2.75, 3.05) is 12.5 Å². The molecule has 0 heterocycles. The second kappa shape index (κ2) is 7.77. The second-order valence-corrected chi connectivity index (χ2v) is 12.6. The number of alkyl halides is 7. The average Bonchev–Trinajstić information content (AvgIpc) is 2.65. The predicted molar refractivity (Wildman–Crippen MR) is 111 cm³/mol. The van der Waals surface area contributed by atoms with E-state index in [4.69, 9.17) is 0 Å². The second-order valence-electron chi connectivity index (χ2n) is 7.49. The van der Waals surface area contributed by atoms with Gasteiger partial charge in [0.25, 0.3) is 0 Å². The first-order chi connectivity index (χ1) is 14.5. The van der Waals surface area contributed by atoms with E-state index in [2.05, 4.69) is 3.63 Å². The van der Waals surface area contributed by atoms with Crippen molar-refractivity contribution in [3.63, 3.8) is 0 Å². The van der Waals surface area contributed by atoms with Crippen LogP contribution in [-0.4, -0.2) is 38.3 Å². The van der Waals surface area contributed by atoms with Crippen LogP contribution in [0.15, 0.2) is 54.6 Å². The Morgan fingerprint density at radius 3 is 1.66 bits per heavy atom. The molecule has 0 aromatic heterocycles. The van der Waals surface area contributed by atoms with Crippen molar-refractivity contribution in [1.82, 2.24) is 0 Å². The minimum Gasteiger partial charge on any atom is -0.215 e. The maximum absolute atomic E-state index is 13.9. The summed E-state index contributed by atoms with van der Waals surface area (Å²) in [6.07, 6.45) is -4.59. The van der Waals surface area contributed by atoms with Crippen LogP contribution in [0.5, 0.6) is 0 Å². The van der Waals surface area contributed by atoms with Crippen LogP contribution in [0.1, 0.15) is 5.56 Å². The molecule has 0 fully saturated rings. The number of rotatable bonds is 6. The molecule has 0 spiro atoms. The lowest BCUT2D eigenvalue weighted by atomic mass is 9.98. The Labute approximate surface area is 180 Å². The van der Waals surface area contributed by atoms with E-state index < -0.39 is 37.8 Å². The molecule has 3 rings (SSSR count). The molecule has 3 nitrogen and oxygen atoms in total. The Morgan fingerprint density at radius 2 is 1.22 bits per heavy atom. The monoisotopic (exact) mass is 502 g/mol. The summed E-state index contributed by atoms with van der Waals surface area (Å²) in [7, 11) is -9.78. The van der Waals surface area contributed by atoms with Crippen molar-refractivity contribution in [1.29, 1.82) is 0 Å². The first-order valence-electron chi connectivity index (χ1n) is 8.88. The summed E-state index contributed by atoms with van der Waals surface area (Å²) in [4.78, 5) is 0. The molecule has 0 aliphatic carbocycles. The summed E-state index contributed by atoms with van der Waals surface area (Å²) in [6, 6.07) is 15.7. The lowest BCUT2D eigenvalue weighted by Crippen LogP contribution is -2.56. The summed E-state index contributed by atoms with van der Waals surface area (Å²) in [5.74, 6) is -7.12. The molecular formula is C20H17F7O3S2. The fourth-order valence-corrected chi connectivity index (χ4v) is 7.15. The average molecular weight is 502 g/mol. The molecular weight excluding hydrogens is 485 g/mol. The van der Waals surface area contributed by atoms with Crippen molar-refractivity contribution in [2.24, 2.45) is 0 Å². The van der Waals surface area contributed by atoms with Crippen LogP contribution >= 0.6 is 10.3 Å². The van der Waals surface area contributed by atoms with Gasteiger partial charge < -0.3 is 0 Å². The SMILES string of the molecule is CS(C)(Cc1c2ccccc2cc2ccccc12)OS(=O)(=O)C(F)(F)C(F)(F)C(F)(F)F. The van der Waals surface area contributed by atoms with Crippen LogP contribution in [0.4, 0.5) is 30.7 Å². The number of hydrogen-bond donors (Lipinski definition) is 0. The molecule has 32 heavy (non-hydrogen) atoms. The third kappa shape index (κ3) is 4.15. The highest BCUT2D eigenvalue weighted by Crippen LogP contribution is 2.55. The normalized spacial score (nSPS) is 14.8. The van der Waals surface area contributed by atoms with E-state index in [1.165, 1.54) is 0 Å². The highest BCUT2D eigenvalue weighted by Gasteiger charge is 2.79. The molecule has 0 saturated carbocycles. The Bertz CT molecular complexity index is 1220. The first-order valence-corrected chi connectivity index (χ1v) is 12.8. The van der Waals surface area contributed by atoms with Crippen LogP contribution in [0.25, 0.3) is 21.5 Å². The summed E-state index contributed by atoms with van der Waals surface area (Å²) < 4.78 is 120. The Kier molecular flexibility index (Phi) is 5.97. The summed E-state index contributed by atoms with van der Waals surface area (Å²) in [5, 5.41) is -3.75. The molecule has 0 atom stereocenters. The van der Waals surface area contributed by atoms with E-state index in [0.717, 1.165) is 23.3 Å². The molecule has 0 bridgehead atoms. The van der Waals surface area contributed by atoms with Crippen LogP contribution < -0.4 is 0 Å². The lowest BCUT2D eigenvalue weighted by molar-refractivity contribution is -0.333. The highest BCUT2D eigenvalue weighted by atomic mass is 32.3. The maximum Gasteiger partial charge on any atom is 0.461 e. The molecule has 3 aromatic rings. The third-order valence-electron chi connectivity index (χ3n) is 4.68. The van der Waals surface area contributed by atoms with Gasteiger partial charge in [0.2, 0.25) is 0 Å². The van der Waals surface area contributed by atoms with Gasteiger partial charge in [0.05, 0.1) is 0 Å². The fraction of sp³-hybridized carbons (Fsp3) is 0.300. The van der Waals surface area contributed by atoms with Gasteiger partial charge in [-0.25, -0.2) is 3.63 Å². The minimum absolute atomic E-state index is 0.290. The molecule has 0 aliphatic heterocycles. The van der Waals surface area contributed by atoms with E-state index in [9.17, 15) is 39.2 Å². The van der Waals surface area contributed by atoms with Gasteiger partial charge in [-0.15, -0.1) is 10.3 Å². The van der Waals surface area contributed by atoms with E-state index in [1.54, 1.807) is 48.5 Å². The van der Waals surface area contributed by atoms with Crippen LogP contribution in [0.3, 0.4) is 0 Å². The Balaban J connectivity index is 2.06. The van der Waals surface area contributed by atoms with E-state index in [1.807, 2.05) is 6.07 Å². The number of fused-ring (bicyclic) bond motifs is 2. The van der Waals surface area contributed by atoms with Crippen LogP contribution in [-0.2, 0) is 19.5 Å². The van der Waals surface area contributed by atoms with Gasteiger partial charge in [0.1, 0.15) is 0 Å². The molecule has 0 N–H and O–H groups in total. The van der Waals surface area contributed by atoms with Gasteiger partial charge in [-0.1, -0.05) is 48.5 Å². The van der Waals surface area contributed by atoms with Gasteiger partial charge >= 0.3 is 27.5 Å². The first kappa shape index (κ1) is 24.6. The highest BCUT2D eigenvalue weighted by molar-refractivity contribution is 8.31. The lowest BCUT2D eigenvalue weighted by Gasteiger charge is -2.34. The topological polar surface area (TPSA) is 43.4 Å². The molecule has 12 heteroatoms. The third-order valence-corrected chi connectivity index (χ3v) is 8.74. The summed E-state index contributed by atoms with van der Waals surface area (Å²) >= 11 is 0. The smallest absolute Gasteiger partial charge is 0.215 e. The quantitative estimate of drug-likeness (QED) is 0.282. The minimum atomic E-state index is -6.83. The van der Waals surface area contributed by atoms with E-state index in [0.29, 0.717) is 16.3 Å². The zero-order chi connectivity index (χ0) is 24.2. The zero-order valence-corrected chi connectivity index (χ0v) is 18.2. The molecule has 0 radical (unpaired) electrons. The van der Waals surface area contributed by atoms with E-state index >= 15 is 0 Å². The predicted octanol–water partition coefficient (Wildman–Crippen LogP) is 6.61. The van der Waals surface area contributed by atoms with Crippen LogP contribution in [0.2, 0.25) is 0 Å². The van der Waals surface area contributed by atoms with E-state index in [-0.39, 0.29) is 5.75 Å². The molecule has 0 aliphatic rings. The largest absolute Gasteiger partial charge is 0.461 e. The van der Waals surface area contributed by atoms with Gasteiger partial charge in [-0.3, -0.25) is 0 Å². The van der Waals surface area contributed by atoms with Crippen molar-refractivity contribution in [3.05, 3.63) is 60.2 Å². The van der Waals surface area contributed by atoms with Crippen molar-refractivity contribution in [2.45, 2.75) is 23.1 Å². The van der Waals surface area contributed by atoms with Gasteiger partial charge in [-0.2, -0.15) is 39.2 Å². The van der Waals surface area contributed by atoms with Crippen molar-refractivity contribution >= 4 is 42.0 Å². The molecule has 0 unspecified atom stereocenters. The molecule has 0 saturated heterocycles. The summed E-state index contributed by atoms with van der Waals surface area (Å²) in [6.45, 7) is 0. The number of benzene rings is 3. The zero-order valence-electron chi connectivity index (χ0n) is 16.6. The fourth-order valence-electron chi connectivity index (χ4n) is 3.24. The number of hydrogen-bond acceptors (Lipinski definition) is 3. The van der Waals surface area contributed by atoms with Gasteiger partial charge in [-0.05, 0) is 45.7 Å². The Morgan fingerprint density at radius 1 is 0.781 bits per heavy atom. The van der Waals surface area contributed by atoms with Crippen molar-refractivity contribution < 1.29 is 42.8 Å². The molecule has 3 aromatic carbocycles. The Hall–Kier alpha value is -2.05. The molecule has 176 valence electrons. The van der Waals surface area contributed by atoms with Gasteiger partial charge in [0, 0.05) is 5.75 Å². The summed E-state index contributed by atoms with van der Waals surface area (Å²) in [5.41, 5.74) is 0.500. The maximum atomic E-state index is 13.9. The number of halogens is 7.